The van der Waals surface area contributed by atoms with Crippen LogP contribution in [0.5, 0.6) is 0 Å². The standard InChI is InChI=1S/C78H123N13O13/c1-21-51(12)68-72(98)83-67(52(13)92)78(104)84(14)45-66(94)86(16)61(39-49(8)9)70(96)82-59(75(101)91-34-28-23-29-35-91)43-65(93)85(15)60(38-48(6)7)69(95)80-57(36-46(2)3)73(99)88(18)63(40-50(10)11)76(102)87(17)62(42-54-44-79-56-33-27-26-32-55(54)56)71(97)81-58(37-47(4)5)74(100)89(19)64(77(103)90(68)20)41-53-30-24-22-25-31-53/h22,24-27,30-33,44,46-52,57-64,67-68,79,92H,21,23,28-29,34-43,45H2,1-20H3,(H,80,95)(H,81,97)(H,82,96)(H,83,98)/t51-,52+,57-,58-,59-,60-,61-,62-,63-,64-,67-,68-/m0/s1. The molecule has 2 aliphatic rings. The number of H-pyrrole nitrogens is 1. The molecule has 2 aromatic carbocycles. The number of fused-ring (bicyclic) bond motifs is 1. The molecule has 104 heavy (non-hydrogen) atoms. The third kappa shape index (κ3) is 23.3. The van der Waals surface area contributed by atoms with Gasteiger partial charge in [-0.25, -0.2) is 0 Å². The van der Waals surface area contributed by atoms with Crippen LogP contribution in [0.2, 0.25) is 0 Å². The summed E-state index contributed by atoms with van der Waals surface area (Å²) >= 11 is 0. The van der Waals surface area contributed by atoms with Crippen molar-refractivity contribution < 1.29 is 62.6 Å². The van der Waals surface area contributed by atoms with E-state index in [1.54, 1.807) is 48.4 Å². The number of aromatic nitrogens is 1. The zero-order valence-electron chi connectivity index (χ0n) is 65.6. The number of nitrogens with zero attached hydrogens (tertiary/aromatic N) is 8. The van der Waals surface area contributed by atoms with Crippen molar-refractivity contribution >= 4 is 81.8 Å². The second-order valence-corrected chi connectivity index (χ2v) is 31.3. The Morgan fingerprint density at radius 3 is 1.45 bits per heavy atom. The number of amides is 12. The van der Waals surface area contributed by atoms with Gasteiger partial charge in [0, 0.05) is 92.4 Å². The molecule has 3 aromatic rings. The number of likely N-dealkylation sites (tertiary alicyclic amines) is 1. The lowest BCUT2D eigenvalue weighted by Gasteiger charge is -2.39. The predicted molar refractivity (Wildman–Crippen MR) is 400 cm³/mol. The number of hydrogen-bond acceptors (Lipinski definition) is 13. The molecule has 3 heterocycles. The van der Waals surface area contributed by atoms with Gasteiger partial charge in [-0.3, -0.25) is 57.5 Å². The lowest BCUT2D eigenvalue weighted by molar-refractivity contribution is -0.152. The van der Waals surface area contributed by atoms with Crippen LogP contribution in [-0.2, 0) is 70.4 Å². The molecule has 0 bridgehead atoms. The SMILES string of the molecule is CC[C@H](C)[C@H]1C(=O)N[C@@H]([C@@H](C)O)C(=O)N(C)CC(=O)N(C)[C@@H](CC(C)C)C(=O)N[C@H](C(=O)N2CCCCC2)CC(=O)N(C)[C@@H](CC(C)C)C(=O)N[C@@H](CC(C)C)C(=O)N(C)[C@@H](CC(C)C)C(=O)N(C)[C@@H](Cc2c[nH]c3ccccc23)C(=O)N[C@@H](CC(C)C)C(=O)N(C)[C@@H](Cc2ccccc2)C(=O)N1C. The van der Waals surface area contributed by atoms with E-state index in [0.29, 0.717) is 43.5 Å². The van der Waals surface area contributed by atoms with Crippen molar-refractivity contribution in [1.82, 2.24) is 65.5 Å². The minimum atomic E-state index is -1.67. The molecule has 2 aliphatic heterocycles. The zero-order chi connectivity index (χ0) is 77.9. The van der Waals surface area contributed by atoms with Crippen molar-refractivity contribution in [3.8, 4) is 0 Å². The Labute approximate surface area is 617 Å². The summed E-state index contributed by atoms with van der Waals surface area (Å²) < 4.78 is 0. The maximum absolute atomic E-state index is 15.8. The summed E-state index contributed by atoms with van der Waals surface area (Å²) in [5, 5.41) is 23.7. The average molecular weight is 1450 g/mol. The van der Waals surface area contributed by atoms with Gasteiger partial charge in [-0.1, -0.05) is 138 Å². The summed E-state index contributed by atoms with van der Waals surface area (Å²) in [5.41, 5.74) is 2.09. The summed E-state index contributed by atoms with van der Waals surface area (Å²) in [7, 11) is 9.96. The van der Waals surface area contributed by atoms with Crippen LogP contribution < -0.4 is 21.3 Å². The van der Waals surface area contributed by atoms with Crippen LogP contribution in [-0.4, -0.2) is 256 Å². The summed E-state index contributed by atoms with van der Waals surface area (Å²) in [5.74, 6) is -10.0. The molecule has 12 atom stereocenters. The molecule has 5 rings (SSSR count). The number of carbonyl (C=O) groups is 12. The minimum absolute atomic E-state index is 0.0522. The summed E-state index contributed by atoms with van der Waals surface area (Å²) in [6, 6.07) is 3.06. The molecule has 26 heteroatoms. The third-order valence-corrected chi connectivity index (χ3v) is 20.4. The Morgan fingerprint density at radius 2 is 0.933 bits per heavy atom. The molecule has 0 unspecified atom stereocenters. The van der Waals surface area contributed by atoms with Gasteiger partial charge < -0.3 is 70.6 Å². The van der Waals surface area contributed by atoms with Gasteiger partial charge >= 0.3 is 0 Å². The van der Waals surface area contributed by atoms with Gasteiger partial charge in [0.25, 0.3) is 0 Å². The van der Waals surface area contributed by atoms with E-state index in [9.17, 15) is 29.1 Å². The first-order valence-electron chi connectivity index (χ1n) is 37.4. The van der Waals surface area contributed by atoms with Gasteiger partial charge in [0.2, 0.25) is 70.9 Å². The first-order valence-corrected chi connectivity index (χ1v) is 37.4. The van der Waals surface area contributed by atoms with Crippen LogP contribution in [0.25, 0.3) is 10.9 Å². The fraction of sp³-hybridized carbons (Fsp3) is 0.667. The lowest BCUT2D eigenvalue weighted by atomic mass is 9.94. The number of para-hydroxylation sites is 1. The van der Waals surface area contributed by atoms with Crippen LogP contribution >= 0.6 is 0 Å². The van der Waals surface area contributed by atoms with Crippen LogP contribution in [0.4, 0.5) is 0 Å². The Morgan fingerprint density at radius 1 is 0.471 bits per heavy atom. The molecule has 0 saturated carbocycles. The van der Waals surface area contributed by atoms with Crippen molar-refractivity contribution in [3.05, 3.63) is 71.9 Å². The Hall–Kier alpha value is -8.42. The number of hydrogen-bond donors (Lipinski definition) is 6. The molecule has 26 nitrogen and oxygen atoms in total. The van der Waals surface area contributed by atoms with Gasteiger partial charge in [0.1, 0.15) is 60.4 Å². The maximum Gasteiger partial charge on any atom is 0.248 e. The summed E-state index contributed by atoms with van der Waals surface area (Å²) in [6.45, 7) is 23.6. The number of carbonyl (C=O) groups excluding carboxylic acids is 12. The van der Waals surface area contributed by atoms with Crippen molar-refractivity contribution in [2.24, 2.45) is 35.5 Å². The molecule has 2 saturated heterocycles. The Kier molecular flexibility index (Phi) is 32.9. The zero-order valence-corrected chi connectivity index (χ0v) is 65.6. The first kappa shape index (κ1) is 86.2. The van der Waals surface area contributed by atoms with E-state index in [0.717, 1.165) is 27.1 Å². The molecule has 0 radical (unpaired) electrons. The monoisotopic (exact) mass is 1450 g/mol. The van der Waals surface area contributed by atoms with Crippen LogP contribution in [0, 0.1) is 35.5 Å². The van der Waals surface area contributed by atoms with Crippen molar-refractivity contribution in [3.63, 3.8) is 0 Å². The highest BCUT2D eigenvalue weighted by atomic mass is 16.3. The van der Waals surface area contributed by atoms with E-state index in [-0.39, 0.29) is 74.5 Å². The molecule has 2 fully saturated rings. The van der Waals surface area contributed by atoms with Gasteiger partial charge in [-0.05, 0) is 111 Å². The van der Waals surface area contributed by atoms with Crippen LogP contribution in [0.15, 0.2) is 60.8 Å². The van der Waals surface area contributed by atoms with E-state index in [2.05, 4.69) is 26.3 Å². The number of benzene rings is 2. The second kappa shape index (κ2) is 39.6. The Balaban J connectivity index is 1.74. The van der Waals surface area contributed by atoms with Gasteiger partial charge in [-0.2, -0.15) is 0 Å². The fourth-order valence-corrected chi connectivity index (χ4v) is 14.0. The number of aliphatic hydroxyl groups is 1. The van der Waals surface area contributed by atoms with Crippen molar-refractivity contribution in [2.75, 3.05) is 69.0 Å². The number of rotatable bonds is 18. The molecule has 12 amide bonds. The number of aliphatic hydroxyl groups excluding tert-OH is 1. The third-order valence-electron chi connectivity index (χ3n) is 20.4. The van der Waals surface area contributed by atoms with Gasteiger partial charge in [0.15, 0.2) is 0 Å². The van der Waals surface area contributed by atoms with E-state index in [1.807, 2.05) is 100 Å². The summed E-state index contributed by atoms with van der Waals surface area (Å²) in [6.07, 6.45) is 2.51. The van der Waals surface area contributed by atoms with Crippen LogP contribution in [0.1, 0.15) is 165 Å². The number of likely N-dealkylation sites (N-methyl/N-ethyl adjacent to an activating group) is 7. The van der Waals surface area contributed by atoms with E-state index in [4.69, 9.17) is 0 Å². The molecular weight excluding hydrogens is 1330 g/mol. The average Bonchev–Trinajstić information content (AvgIpc) is 1.02. The smallest absolute Gasteiger partial charge is 0.248 e. The molecule has 1 aromatic heterocycles. The van der Waals surface area contributed by atoms with E-state index >= 15 is 33.6 Å². The van der Waals surface area contributed by atoms with E-state index in [1.165, 1.54) is 80.8 Å². The molecule has 0 spiro atoms. The van der Waals surface area contributed by atoms with Gasteiger partial charge in [-0.15, -0.1) is 0 Å². The topological polar surface area (TPSA) is 315 Å². The second-order valence-electron chi connectivity index (χ2n) is 31.3. The molecule has 6 N–H and O–H groups in total. The van der Waals surface area contributed by atoms with Crippen LogP contribution in [0.3, 0.4) is 0 Å². The lowest BCUT2D eigenvalue weighted by Crippen LogP contribution is -2.63. The predicted octanol–water partition coefficient (Wildman–Crippen LogP) is 5.39. The van der Waals surface area contributed by atoms with Crippen molar-refractivity contribution in [2.45, 2.75) is 234 Å². The largest absolute Gasteiger partial charge is 0.391 e. The highest BCUT2D eigenvalue weighted by molar-refractivity contribution is 6.00. The highest BCUT2D eigenvalue weighted by Gasteiger charge is 2.45. The Bertz CT molecular complexity index is 3420. The first-order chi connectivity index (χ1) is 48.8. The highest BCUT2D eigenvalue weighted by Crippen LogP contribution is 2.27. The normalized spacial score (nSPS) is 25.0. The van der Waals surface area contributed by atoms with Crippen molar-refractivity contribution in [1.29, 1.82) is 0 Å². The minimum Gasteiger partial charge on any atom is -0.391 e. The van der Waals surface area contributed by atoms with E-state index < -0.39 is 156 Å². The number of piperidine rings is 1. The quantitative estimate of drug-likeness (QED) is 0.0933. The van der Waals surface area contributed by atoms with Gasteiger partial charge in [0.05, 0.1) is 19.1 Å². The molecule has 578 valence electrons. The molecular formula is C78H123N13O13. The number of aromatic amines is 1. The molecule has 0 aliphatic carbocycles. The maximum atomic E-state index is 15.8. The summed E-state index contributed by atoms with van der Waals surface area (Å²) in [4.78, 5) is 195. The fourth-order valence-electron chi connectivity index (χ4n) is 14.0. The number of nitrogens with one attached hydrogen (secondary N) is 5.